The van der Waals surface area contributed by atoms with E-state index in [0.717, 1.165) is 0 Å². The van der Waals surface area contributed by atoms with Crippen LogP contribution in [0.2, 0.25) is 0 Å². The maximum atomic E-state index is 13.3. The second kappa shape index (κ2) is 16.5. The summed E-state index contributed by atoms with van der Waals surface area (Å²) in [6.07, 6.45) is 1.77. The van der Waals surface area contributed by atoms with Crippen molar-refractivity contribution < 1.29 is 39.3 Å². The average Bonchev–Trinajstić information content (AvgIpc) is 2.87. The van der Waals surface area contributed by atoms with Gasteiger partial charge in [-0.3, -0.25) is 19.2 Å². The Morgan fingerprint density at radius 1 is 0.895 bits per heavy atom. The zero-order chi connectivity index (χ0) is 28.8. The minimum atomic E-state index is -1.36. The Balaban J connectivity index is 3.17. The van der Waals surface area contributed by atoms with Crippen molar-refractivity contribution >= 4 is 41.4 Å². The zero-order valence-corrected chi connectivity index (χ0v) is 22.6. The highest BCUT2D eigenvalue weighted by Gasteiger charge is 2.31. The quantitative estimate of drug-likeness (QED) is 0.141. The van der Waals surface area contributed by atoms with Crippen LogP contribution in [0.1, 0.15) is 45.1 Å². The number of carbonyl (C=O) groups is 5. The van der Waals surface area contributed by atoms with E-state index in [1.807, 2.05) is 6.92 Å². The standard InChI is InChI=1S/C25H38N4O8S/c1-4-14(2)21(26)24(35)29-19(13-15-5-7-16(30)8-6-15)23(34)27-17(9-10-20(31)32)22(33)28-18(25(36)37)11-12-38-3/h5-8,14,17-19,21,30H,4,9-13,26H2,1-3H3,(H,27,34)(H,28,33)(H,29,35)(H,31,32)(H,36,37). The van der Waals surface area contributed by atoms with Crippen LogP contribution in [-0.2, 0) is 30.4 Å². The van der Waals surface area contributed by atoms with Crippen LogP contribution < -0.4 is 21.7 Å². The molecule has 0 fully saturated rings. The number of carboxylic acid groups (broad SMARTS) is 2. The molecule has 1 rings (SSSR count). The molecule has 0 aliphatic heterocycles. The number of nitrogens with two attached hydrogens (primary N) is 1. The monoisotopic (exact) mass is 554 g/mol. The number of hydrogen-bond donors (Lipinski definition) is 7. The molecule has 0 saturated carbocycles. The van der Waals surface area contributed by atoms with Crippen LogP contribution in [-0.4, -0.2) is 81.2 Å². The number of phenols is 1. The molecule has 0 bridgehead atoms. The fourth-order valence-electron chi connectivity index (χ4n) is 3.43. The van der Waals surface area contributed by atoms with Crippen LogP contribution in [0, 0.1) is 5.92 Å². The zero-order valence-electron chi connectivity index (χ0n) is 21.8. The third-order valence-corrected chi connectivity index (χ3v) is 6.72. The molecule has 8 N–H and O–H groups in total. The SMILES string of the molecule is CCC(C)C(N)C(=O)NC(Cc1ccc(O)cc1)C(=O)NC(CCC(=O)O)C(=O)NC(CCSC)C(=O)O. The average molecular weight is 555 g/mol. The lowest BCUT2D eigenvalue weighted by Crippen LogP contribution is -2.58. The summed E-state index contributed by atoms with van der Waals surface area (Å²) >= 11 is 1.40. The largest absolute Gasteiger partial charge is 0.508 e. The van der Waals surface area contributed by atoms with Crippen molar-refractivity contribution in [1.82, 2.24) is 16.0 Å². The highest BCUT2D eigenvalue weighted by Crippen LogP contribution is 2.13. The predicted molar refractivity (Wildman–Crippen MR) is 143 cm³/mol. The molecule has 0 aliphatic rings. The predicted octanol–water partition coefficient (Wildman–Crippen LogP) is 0.465. The molecule has 5 unspecified atom stereocenters. The van der Waals surface area contributed by atoms with E-state index in [4.69, 9.17) is 10.8 Å². The van der Waals surface area contributed by atoms with E-state index in [9.17, 15) is 34.2 Å². The molecule has 212 valence electrons. The highest BCUT2D eigenvalue weighted by atomic mass is 32.2. The first-order chi connectivity index (χ1) is 17.9. The van der Waals surface area contributed by atoms with Crippen molar-refractivity contribution in [3.8, 4) is 5.75 Å². The lowest BCUT2D eigenvalue weighted by atomic mass is 9.98. The number of carbonyl (C=O) groups excluding carboxylic acids is 3. The Morgan fingerprint density at radius 2 is 1.45 bits per heavy atom. The molecule has 1 aromatic rings. The van der Waals surface area contributed by atoms with Gasteiger partial charge in [-0.2, -0.15) is 11.8 Å². The minimum Gasteiger partial charge on any atom is -0.508 e. The first-order valence-electron chi connectivity index (χ1n) is 12.3. The maximum Gasteiger partial charge on any atom is 0.326 e. The summed E-state index contributed by atoms with van der Waals surface area (Å²) in [6.45, 7) is 3.66. The highest BCUT2D eigenvalue weighted by molar-refractivity contribution is 7.98. The van der Waals surface area contributed by atoms with Crippen LogP contribution in [0.5, 0.6) is 5.75 Å². The molecular weight excluding hydrogens is 516 g/mol. The Labute approximate surface area is 226 Å². The summed E-state index contributed by atoms with van der Waals surface area (Å²) in [4.78, 5) is 61.7. The van der Waals surface area contributed by atoms with Gasteiger partial charge < -0.3 is 37.0 Å². The van der Waals surface area contributed by atoms with Crippen molar-refractivity contribution in [3.63, 3.8) is 0 Å². The number of carboxylic acids is 2. The van der Waals surface area contributed by atoms with Crippen molar-refractivity contribution in [2.24, 2.45) is 11.7 Å². The Morgan fingerprint density at radius 3 is 1.97 bits per heavy atom. The summed E-state index contributed by atoms with van der Waals surface area (Å²) in [5.41, 5.74) is 6.62. The van der Waals surface area contributed by atoms with E-state index in [1.54, 1.807) is 25.3 Å². The molecule has 3 amide bonds. The van der Waals surface area contributed by atoms with E-state index in [2.05, 4.69) is 16.0 Å². The Hall–Kier alpha value is -3.32. The summed E-state index contributed by atoms with van der Waals surface area (Å²) < 4.78 is 0. The Bertz CT molecular complexity index is 959. The molecule has 1 aromatic carbocycles. The van der Waals surface area contributed by atoms with Gasteiger partial charge >= 0.3 is 11.9 Å². The molecule has 0 spiro atoms. The number of nitrogens with one attached hydrogen (secondary N) is 3. The second-order valence-corrected chi connectivity index (χ2v) is 10.0. The van der Waals surface area contributed by atoms with E-state index >= 15 is 0 Å². The molecule has 13 heteroatoms. The van der Waals surface area contributed by atoms with Crippen LogP contribution in [0.15, 0.2) is 24.3 Å². The first-order valence-corrected chi connectivity index (χ1v) is 13.7. The summed E-state index contributed by atoms with van der Waals surface area (Å²) in [6, 6.07) is 1.30. The lowest BCUT2D eigenvalue weighted by molar-refractivity contribution is -0.143. The van der Waals surface area contributed by atoms with Crippen molar-refractivity contribution in [1.29, 1.82) is 0 Å². The normalized spacial score (nSPS) is 14.8. The third kappa shape index (κ3) is 11.4. The first kappa shape index (κ1) is 32.7. The van der Waals surface area contributed by atoms with Crippen LogP contribution >= 0.6 is 11.8 Å². The van der Waals surface area contributed by atoms with Gasteiger partial charge in [-0.05, 0) is 48.5 Å². The van der Waals surface area contributed by atoms with Gasteiger partial charge in [0.05, 0.1) is 6.04 Å². The topological polar surface area (TPSA) is 208 Å². The summed E-state index contributed by atoms with van der Waals surface area (Å²) in [5.74, 6) is -4.36. The molecule has 12 nitrogen and oxygen atoms in total. The third-order valence-electron chi connectivity index (χ3n) is 6.07. The van der Waals surface area contributed by atoms with E-state index in [-0.39, 0.29) is 30.9 Å². The minimum absolute atomic E-state index is 0.0101. The van der Waals surface area contributed by atoms with Gasteiger partial charge in [-0.15, -0.1) is 0 Å². The maximum absolute atomic E-state index is 13.3. The van der Waals surface area contributed by atoms with E-state index in [0.29, 0.717) is 17.7 Å². The van der Waals surface area contributed by atoms with E-state index in [1.165, 1.54) is 23.9 Å². The lowest BCUT2D eigenvalue weighted by Gasteiger charge is -2.26. The Kier molecular flexibility index (Phi) is 14.2. The smallest absolute Gasteiger partial charge is 0.326 e. The molecule has 0 aromatic heterocycles. The molecular formula is C25H38N4O8S. The molecule has 5 atom stereocenters. The van der Waals surface area contributed by atoms with Gasteiger partial charge in [-0.25, -0.2) is 4.79 Å². The number of amides is 3. The van der Waals surface area contributed by atoms with Crippen LogP contribution in [0.25, 0.3) is 0 Å². The summed E-state index contributed by atoms with van der Waals surface area (Å²) in [5, 5.41) is 35.5. The van der Waals surface area contributed by atoms with Gasteiger partial charge in [0.25, 0.3) is 0 Å². The molecule has 0 radical (unpaired) electrons. The number of aromatic hydroxyl groups is 1. The number of hydrogen-bond acceptors (Lipinski definition) is 8. The van der Waals surface area contributed by atoms with Crippen LogP contribution in [0.3, 0.4) is 0 Å². The number of thioether (sulfide) groups is 1. The molecule has 0 aliphatic carbocycles. The van der Waals surface area contributed by atoms with Crippen molar-refractivity contribution in [3.05, 3.63) is 29.8 Å². The van der Waals surface area contributed by atoms with Gasteiger partial charge in [0.1, 0.15) is 23.9 Å². The number of phenolic OH excluding ortho intramolecular Hbond substituents is 1. The number of benzene rings is 1. The molecule has 38 heavy (non-hydrogen) atoms. The van der Waals surface area contributed by atoms with Gasteiger partial charge in [0.15, 0.2) is 0 Å². The van der Waals surface area contributed by atoms with Crippen LogP contribution in [0.4, 0.5) is 0 Å². The van der Waals surface area contributed by atoms with Gasteiger partial charge in [0.2, 0.25) is 17.7 Å². The van der Waals surface area contributed by atoms with E-state index < -0.39 is 60.2 Å². The van der Waals surface area contributed by atoms with Gasteiger partial charge in [-0.1, -0.05) is 32.4 Å². The fraction of sp³-hybridized carbons (Fsp3) is 0.560. The molecule has 0 heterocycles. The molecule has 0 saturated heterocycles. The number of rotatable bonds is 17. The number of aliphatic carboxylic acids is 2. The summed E-state index contributed by atoms with van der Waals surface area (Å²) in [7, 11) is 0. The van der Waals surface area contributed by atoms with Crippen molar-refractivity contribution in [2.45, 2.75) is 70.1 Å². The second-order valence-electron chi connectivity index (χ2n) is 9.02. The van der Waals surface area contributed by atoms with Gasteiger partial charge in [0, 0.05) is 12.8 Å². The fourth-order valence-corrected chi connectivity index (χ4v) is 3.90. The van der Waals surface area contributed by atoms with Crippen molar-refractivity contribution in [2.75, 3.05) is 12.0 Å².